The number of nitrogens with zero attached hydrogens (tertiary/aromatic N) is 2. The number of nitro groups is 1. The van der Waals surface area contributed by atoms with Crippen LogP contribution in [0.15, 0.2) is 24.3 Å². The summed E-state index contributed by atoms with van der Waals surface area (Å²) in [6, 6.07) is 6.11. The fraction of sp³-hybridized carbons (Fsp3) is 0.533. The molecule has 6 heteroatoms. The minimum Gasteiger partial charge on any atom is -0.345 e. The molecule has 0 saturated carbocycles. The van der Waals surface area contributed by atoms with Crippen molar-refractivity contribution in [1.29, 1.82) is 0 Å². The first-order valence-corrected chi connectivity index (χ1v) is 7.16. The van der Waals surface area contributed by atoms with Crippen LogP contribution in [0.25, 0.3) is 0 Å². The Morgan fingerprint density at radius 1 is 1.43 bits per heavy atom. The predicted molar refractivity (Wildman–Crippen MR) is 82.0 cm³/mol. The minimum absolute atomic E-state index is 0.0152. The summed E-state index contributed by atoms with van der Waals surface area (Å²) in [5.74, 6) is 0.0152. The Morgan fingerprint density at radius 2 is 2.10 bits per heavy atom. The number of rotatable bonds is 7. The maximum atomic E-state index is 12.1. The van der Waals surface area contributed by atoms with Crippen molar-refractivity contribution in [1.82, 2.24) is 10.2 Å². The van der Waals surface area contributed by atoms with Crippen LogP contribution >= 0.6 is 0 Å². The second-order valence-electron chi connectivity index (χ2n) is 5.05. The molecule has 0 spiro atoms. The highest BCUT2D eigenvalue weighted by atomic mass is 16.6. The second kappa shape index (κ2) is 7.73. The van der Waals surface area contributed by atoms with Gasteiger partial charge in [-0.1, -0.05) is 19.1 Å². The molecule has 0 aromatic heterocycles. The summed E-state index contributed by atoms with van der Waals surface area (Å²) in [5, 5.41) is 14.1. The van der Waals surface area contributed by atoms with Gasteiger partial charge >= 0.3 is 0 Å². The topological polar surface area (TPSA) is 75.5 Å². The lowest BCUT2D eigenvalue weighted by Crippen LogP contribution is -2.44. The summed E-state index contributed by atoms with van der Waals surface area (Å²) in [5.41, 5.74) is 0.892. The third-order valence-corrected chi connectivity index (χ3v) is 3.56. The van der Waals surface area contributed by atoms with Crippen LogP contribution in [0.3, 0.4) is 0 Å². The predicted octanol–water partition coefficient (Wildman–Crippen LogP) is 2.50. The minimum atomic E-state index is -0.407. The van der Waals surface area contributed by atoms with E-state index in [0.717, 1.165) is 12.0 Å². The number of hydrogen-bond acceptors (Lipinski definition) is 4. The van der Waals surface area contributed by atoms with E-state index in [1.165, 1.54) is 6.07 Å². The molecule has 2 unspecified atom stereocenters. The number of amides is 1. The van der Waals surface area contributed by atoms with E-state index in [9.17, 15) is 14.9 Å². The molecule has 0 heterocycles. The van der Waals surface area contributed by atoms with Crippen molar-refractivity contribution in [3.63, 3.8) is 0 Å². The molecule has 1 amide bonds. The molecule has 0 bridgehead atoms. The Bertz CT molecular complexity index is 505. The van der Waals surface area contributed by atoms with E-state index in [1.54, 1.807) is 24.1 Å². The lowest BCUT2D eigenvalue weighted by Gasteiger charge is -2.25. The Labute approximate surface area is 125 Å². The van der Waals surface area contributed by atoms with Gasteiger partial charge in [0.25, 0.3) is 5.69 Å². The van der Waals surface area contributed by atoms with Gasteiger partial charge in [0.1, 0.15) is 0 Å². The Balaban J connectivity index is 2.86. The summed E-state index contributed by atoms with van der Waals surface area (Å²) < 4.78 is 0. The van der Waals surface area contributed by atoms with E-state index < -0.39 is 4.92 Å². The van der Waals surface area contributed by atoms with Crippen LogP contribution in [-0.2, 0) is 4.79 Å². The quantitative estimate of drug-likeness (QED) is 0.619. The van der Waals surface area contributed by atoms with Gasteiger partial charge in [0.2, 0.25) is 5.91 Å². The van der Waals surface area contributed by atoms with E-state index in [1.807, 2.05) is 26.8 Å². The van der Waals surface area contributed by atoms with Gasteiger partial charge in [0, 0.05) is 31.8 Å². The molecule has 0 aliphatic carbocycles. The van der Waals surface area contributed by atoms with Gasteiger partial charge in [-0.3, -0.25) is 20.2 Å². The molecule has 21 heavy (non-hydrogen) atoms. The molecule has 1 aromatic rings. The van der Waals surface area contributed by atoms with Crippen LogP contribution in [0.4, 0.5) is 5.69 Å². The number of carbonyl (C=O) groups is 1. The number of nitro benzene ring substituents is 1. The van der Waals surface area contributed by atoms with Crippen molar-refractivity contribution < 1.29 is 9.72 Å². The van der Waals surface area contributed by atoms with Crippen molar-refractivity contribution in [2.24, 2.45) is 0 Å². The maximum Gasteiger partial charge on any atom is 0.269 e. The first-order valence-electron chi connectivity index (χ1n) is 7.16. The molecule has 6 nitrogen and oxygen atoms in total. The van der Waals surface area contributed by atoms with Gasteiger partial charge in [0.15, 0.2) is 0 Å². The SMILES string of the molecule is CCC(NC(C)C(=O)N(C)CC)c1cccc([N+](=O)[O-])c1. The molecule has 116 valence electrons. The number of benzene rings is 1. The van der Waals surface area contributed by atoms with Gasteiger partial charge in [-0.05, 0) is 25.8 Å². The lowest BCUT2D eigenvalue weighted by molar-refractivity contribution is -0.384. The Hall–Kier alpha value is -1.95. The highest BCUT2D eigenvalue weighted by Crippen LogP contribution is 2.22. The fourth-order valence-electron chi connectivity index (χ4n) is 2.16. The Morgan fingerprint density at radius 3 is 2.62 bits per heavy atom. The van der Waals surface area contributed by atoms with Crippen molar-refractivity contribution in [2.45, 2.75) is 39.3 Å². The first-order chi connectivity index (χ1) is 9.90. The molecule has 0 saturated heterocycles. The van der Waals surface area contributed by atoms with E-state index in [-0.39, 0.29) is 23.7 Å². The average Bonchev–Trinajstić information content (AvgIpc) is 2.50. The maximum absolute atomic E-state index is 12.1. The average molecular weight is 293 g/mol. The third kappa shape index (κ3) is 4.53. The van der Waals surface area contributed by atoms with Crippen molar-refractivity contribution in [2.75, 3.05) is 13.6 Å². The lowest BCUT2D eigenvalue weighted by atomic mass is 10.0. The Kier molecular flexibility index (Phi) is 6.30. The summed E-state index contributed by atoms with van der Waals surface area (Å²) in [4.78, 5) is 24.2. The van der Waals surface area contributed by atoms with Crippen LogP contribution in [-0.4, -0.2) is 35.4 Å². The number of carbonyl (C=O) groups excluding carboxylic acids is 1. The van der Waals surface area contributed by atoms with Gasteiger partial charge in [-0.2, -0.15) is 0 Å². The summed E-state index contributed by atoms with van der Waals surface area (Å²) in [7, 11) is 1.76. The zero-order chi connectivity index (χ0) is 16.0. The van der Waals surface area contributed by atoms with Gasteiger partial charge in [-0.25, -0.2) is 0 Å². The molecule has 2 atom stereocenters. The highest BCUT2D eigenvalue weighted by molar-refractivity contribution is 5.81. The van der Waals surface area contributed by atoms with Gasteiger partial charge in [0.05, 0.1) is 11.0 Å². The molecular weight excluding hydrogens is 270 g/mol. The van der Waals surface area contributed by atoms with Crippen LogP contribution in [0, 0.1) is 10.1 Å². The van der Waals surface area contributed by atoms with Crippen LogP contribution in [0.5, 0.6) is 0 Å². The van der Waals surface area contributed by atoms with Gasteiger partial charge < -0.3 is 4.90 Å². The summed E-state index contributed by atoms with van der Waals surface area (Å²) in [6.45, 7) is 6.37. The zero-order valence-electron chi connectivity index (χ0n) is 13.0. The zero-order valence-corrected chi connectivity index (χ0v) is 13.0. The molecule has 0 fully saturated rings. The standard InChI is InChI=1S/C15H23N3O3/c1-5-14(16-11(3)15(19)17(4)6-2)12-8-7-9-13(10-12)18(20)21/h7-11,14,16H,5-6H2,1-4H3. The molecule has 0 aliphatic rings. The van der Waals surface area contributed by atoms with Gasteiger partial charge in [-0.15, -0.1) is 0 Å². The molecule has 0 radical (unpaired) electrons. The molecule has 1 N–H and O–H groups in total. The van der Waals surface area contributed by atoms with E-state index >= 15 is 0 Å². The number of non-ortho nitro benzene ring substituents is 1. The largest absolute Gasteiger partial charge is 0.345 e. The van der Waals surface area contributed by atoms with Crippen LogP contribution < -0.4 is 5.32 Å². The monoisotopic (exact) mass is 293 g/mol. The van der Waals surface area contributed by atoms with Crippen molar-refractivity contribution >= 4 is 11.6 Å². The smallest absolute Gasteiger partial charge is 0.269 e. The molecule has 1 aromatic carbocycles. The van der Waals surface area contributed by atoms with E-state index in [4.69, 9.17) is 0 Å². The van der Waals surface area contributed by atoms with E-state index in [2.05, 4.69) is 5.32 Å². The number of hydrogen-bond donors (Lipinski definition) is 1. The summed E-state index contributed by atoms with van der Waals surface area (Å²) in [6.07, 6.45) is 0.745. The number of nitrogens with one attached hydrogen (secondary N) is 1. The number of likely N-dealkylation sites (N-methyl/N-ethyl adjacent to an activating group) is 1. The normalized spacial score (nSPS) is 13.5. The van der Waals surface area contributed by atoms with Crippen molar-refractivity contribution in [3.05, 3.63) is 39.9 Å². The molecule has 0 aliphatic heterocycles. The van der Waals surface area contributed by atoms with Crippen LogP contribution in [0.2, 0.25) is 0 Å². The fourth-order valence-corrected chi connectivity index (χ4v) is 2.16. The van der Waals surface area contributed by atoms with Crippen molar-refractivity contribution in [3.8, 4) is 0 Å². The third-order valence-electron chi connectivity index (χ3n) is 3.56. The summed E-state index contributed by atoms with van der Waals surface area (Å²) >= 11 is 0. The second-order valence-corrected chi connectivity index (χ2v) is 5.05. The molecular formula is C15H23N3O3. The first kappa shape index (κ1) is 17.1. The molecule has 1 rings (SSSR count). The van der Waals surface area contributed by atoms with Crippen LogP contribution in [0.1, 0.15) is 38.8 Å². The van der Waals surface area contributed by atoms with E-state index in [0.29, 0.717) is 6.54 Å². The highest BCUT2D eigenvalue weighted by Gasteiger charge is 2.21.